The molecule has 94 valence electrons. The van der Waals surface area contributed by atoms with Gasteiger partial charge < -0.3 is 0 Å². The molecular formula is C14H19F2N. The number of hydrogen-bond donors (Lipinski definition) is 0. The lowest BCUT2D eigenvalue weighted by atomic mass is 9.83. The lowest BCUT2D eigenvalue weighted by molar-refractivity contribution is -0.0455. The van der Waals surface area contributed by atoms with E-state index < -0.39 is 5.92 Å². The SMILES string of the molecule is CN1Cc2cc(C(C)(C)C)ccc2C(F)(F)C1. The van der Waals surface area contributed by atoms with Crippen LogP contribution >= 0.6 is 0 Å². The van der Waals surface area contributed by atoms with Gasteiger partial charge in [0, 0.05) is 12.1 Å². The maximum absolute atomic E-state index is 13.8. The van der Waals surface area contributed by atoms with Gasteiger partial charge in [0.1, 0.15) is 0 Å². The van der Waals surface area contributed by atoms with E-state index in [1.54, 1.807) is 18.0 Å². The summed E-state index contributed by atoms with van der Waals surface area (Å²) in [4.78, 5) is 1.68. The van der Waals surface area contributed by atoms with Crippen LogP contribution in [0.5, 0.6) is 0 Å². The molecule has 17 heavy (non-hydrogen) atoms. The summed E-state index contributed by atoms with van der Waals surface area (Å²) in [6.45, 7) is 6.71. The maximum atomic E-state index is 13.8. The fraction of sp³-hybridized carbons (Fsp3) is 0.571. The molecule has 0 atom stereocenters. The minimum Gasteiger partial charge on any atom is -0.296 e. The molecule has 1 nitrogen and oxygen atoms in total. The topological polar surface area (TPSA) is 3.24 Å². The summed E-state index contributed by atoms with van der Waals surface area (Å²) in [7, 11) is 1.74. The van der Waals surface area contributed by atoms with Crippen LogP contribution in [0.4, 0.5) is 8.78 Å². The maximum Gasteiger partial charge on any atom is 0.285 e. The van der Waals surface area contributed by atoms with Crippen molar-refractivity contribution in [2.75, 3.05) is 13.6 Å². The van der Waals surface area contributed by atoms with Crippen LogP contribution in [0, 0.1) is 0 Å². The van der Waals surface area contributed by atoms with E-state index in [2.05, 4.69) is 20.8 Å². The quantitative estimate of drug-likeness (QED) is 0.669. The number of fused-ring (bicyclic) bond motifs is 1. The molecule has 0 N–H and O–H groups in total. The average molecular weight is 239 g/mol. The van der Waals surface area contributed by atoms with Crippen LogP contribution in [0.2, 0.25) is 0 Å². The first-order chi connectivity index (χ1) is 7.70. The van der Waals surface area contributed by atoms with Gasteiger partial charge in [-0.2, -0.15) is 8.78 Å². The van der Waals surface area contributed by atoms with Gasteiger partial charge in [-0.3, -0.25) is 4.90 Å². The fourth-order valence-electron chi connectivity index (χ4n) is 2.32. The number of nitrogens with zero attached hydrogens (tertiary/aromatic N) is 1. The zero-order valence-corrected chi connectivity index (χ0v) is 10.8. The van der Waals surface area contributed by atoms with Crippen molar-refractivity contribution in [2.45, 2.75) is 38.7 Å². The Bertz CT molecular complexity index is 432. The molecule has 0 radical (unpaired) electrons. The number of likely N-dealkylation sites (N-methyl/N-ethyl adjacent to an activating group) is 1. The zero-order chi connectivity index (χ0) is 12.8. The molecule has 1 heterocycles. The Balaban J connectivity index is 2.49. The van der Waals surface area contributed by atoms with E-state index in [0.717, 1.165) is 11.1 Å². The van der Waals surface area contributed by atoms with E-state index in [4.69, 9.17) is 0 Å². The Kier molecular flexibility index (Phi) is 2.77. The van der Waals surface area contributed by atoms with Crippen molar-refractivity contribution in [3.63, 3.8) is 0 Å². The third-order valence-corrected chi connectivity index (χ3v) is 3.27. The van der Waals surface area contributed by atoms with Crippen molar-refractivity contribution in [3.05, 3.63) is 34.9 Å². The third kappa shape index (κ3) is 2.34. The van der Waals surface area contributed by atoms with Crippen LogP contribution in [-0.4, -0.2) is 18.5 Å². The van der Waals surface area contributed by atoms with E-state index in [0.29, 0.717) is 6.54 Å². The molecule has 0 unspecified atom stereocenters. The Morgan fingerprint density at radius 1 is 1.24 bits per heavy atom. The summed E-state index contributed by atoms with van der Waals surface area (Å²) < 4.78 is 27.7. The molecule has 0 spiro atoms. The van der Waals surface area contributed by atoms with Crippen molar-refractivity contribution >= 4 is 0 Å². The van der Waals surface area contributed by atoms with Gasteiger partial charge in [-0.15, -0.1) is 0 Å². The summed E-state index contributed by atoms with van der Waals surface area (Å²) in [6, 6.07) is 5.36. The smallest absolute Gasteiger partial charge is 0.285 e. The second-order valence-electron chi connectivity index (χ2n) is 6.00. The van der Waals surface area contributed by atoms with Gasteiger partial charge >= 0.3 is 0 Å². The molecule has 0 bridgehead atoms. The van der Waals surface area contributed by atoms with Gasteiger partial charge in [0.2, 0.25) is 0 Å². The molecule has 3 heteroatoms. The summed E-state index contributed by atoms with van der Waals surface area (Å²) in [5.74, 6) is -2.72. The Morgan fingerprint density at radius 3 is 2.47 bits per heavy atom. The molecule has 1 aromatic carbocycles. The first-order valence-corrected chi connectivity index (χ1v) is 5.90. The van der Waals surface area contributed by atoms with Crippen LogP contribution in [0.15, 0.2) is 18.2 Å². The highest BCUT2D eigenvalue weighted by molar-refractivity contribution is 5.39. The van der Waals surface area contributed by atoms with Gasteiger partial charge in [-0.25, -0.2) is 0 Å². The average Bonchev–Trinajstić information content (AvgIpc) is 2.13. The Morgan fingerprint density at radius 2 is 1.88 bits per heavy atom. The fourth-order valence-corrected chi connectivity index (χ4v) is 2.32. The van der Waals surface area contributed by atoms with E-state index in [-0.39, 0.29) is 17.5 Å². The lowest BCUT2D eigenvalue weighted by Gasteiger charge is -2.33. The minimum atomic E-state index is -2.72. The van der Waals surface area contributed by atoms with Gasteiger partial charge in [0.05, 0.1) is 6.54 Å². The number of halogens is 2. The Labute approximate surface area is 101 Å². The van der Waals surface area contributed by atoms with Crippen LogP contribution in [-0.2, 0) is 17.9 Å². The number of benzene rings is 1. The van der Waals surface area contributed by atoms with Crippen molar-refractivity contribution in [1.82, 2.24) is 4.90 Å². The largest absolute Gasteiger partial charge is 0.296 e. The second kappa shape index (κ2) is 3.77. The summed E-state index contributed by atoms with van der Waals surface area (Å²) in [6.07, 6.45) is 0. The third-order valence-electron chi connectivity index (χ3n) is 3.27. The number of alkyl halides is 2. The molecule has 1 aromatic rings. The highest BCUT2D eigenvalue weighted by Gasteiger charge is 2.39. The van der Waals surface area contributed by atoms with Gasteiger partial charge in [0.15, 0.2) is 0 Å². The molecule has 0 aliphatic carbocycles. The van der Waals surface area contributed by atoms with Crippen LogP contribution < -0.4 is 0 Å². The predicted octanol–water partition coefficient (Wildman–Crippen LogP) is 3.52. The van der Waals surface area contributed by atoms with Crippen LogP contribution in [0.3, 0.4) is 0 Å². The molecule has 1 aliphatic rings. The van der Waals surface area contributed by atoms with Gasteiger partial charge in [-0.05, 0) is 23.6 Å². The standard InChI is InChI=1S/C14H19F2N/c1-13(2,3)11-5-6-12-10(7-11)8-17(4)9-14(12,15)16/h5-7H,8-9H2,1-4H3. The minimum absolute atomic E-state index is 0.000332. The van der Waals surface area contributed by atoms with E-state index in [1.807, 2.05) is 12.1 Å². The normalized spacial score (nSPS) is 20.1. The molecule has 1 aliphatic heterocycles. The molecule has 0 aromatic heterocycles. The second-order valence-corrected chi connectivity index (χ2v) is 6.00. The lowest BCUT2D eigenvalue weighted by Crippen LogP contribution is -2.38. The molecule has 2 rings (SSSR count). The molecule has 0 fully saturated rings. The molecular weight excluding hydrogens is 220 g/mol. The number of rotatable bonds is 0. The summed E-state index contributed by atoms with van der Waals surface area (Å²) >= 11 is 0. The highest BCUT2D eigenvalue weighted by atomic mass is 19.3. The first-order valence-electron chi connectivity index (χ1n) is 5.90. The molecule has 0 amide bonds. The zero-order valence-electron chi connectivity index (χ0n) is 10.8. The van der Waals surface area contributed by atoms with Crippen molar-refractivity contribution in [3.8, 4) is 0 Å². The van der Waals surface area contributed by atoms with Gasteiger partial charge in [-0.1, -0.05) is 39.0 Å². The monoisotopic (exact) mass is 239 g/mol. The van der Waals surface area contributed by atoms with E-state index in [9.17, 15) is 8.78 Å². The predicted molar refractivity (Wildman–Crippen MR) is 65.4 cm³/mol. The van der Waals surface area contributed by atoms with E-state index in [1.165, 1.54) is 0 Å². The molecule has 0 saturated heterocycles. The number of hydrogen-bond acceptors (Lipinski definition) is 1. The van der Waals surface area contributed by atoms with Crippen molar-refractivity contribution in [2.24, 2.45) is 0 Å². The summed E-state index contributed by atoms with van der Waals surface area (Å²) in [5.41, 5.74) is 2.07. The first kappa shape index (κ1) is 12.5. The summed E-state index contributed by atoms with van der Waals surface area (Å²) in [5, 5.41) is 0. The van der Waals surface area contributed by atoms with Crippen LogP contribution in [0.25, 0.3) is 0 Å². The van der Waals surface area contributed by atoms with Crippen molar-refractivity contribution in [1.29, 1.82) is 0 Å². The van der Waals surface area contributed by atoms with Crippen molar-refractivity contribution < 1.29 is 8.78 Å². The molecule has 0 saturated carbocycles. The Hall–Kier alpha value is -0.960. The highest BCUT2D eigenvalue weighted by Crippen LogP contribution is 2.37. The van der Waals surface area contributed by atoms with Gasteiger partial charge in [0.25, 0.3) is 5.92 Å². The van der Waals surface area contributed by atoms with E-state index >= 15 is 0 Å². The van der Waals surface area contributed by atoms with Crippen LogP contribution in [0.1, 0.15) is 37.5 Å².